The third-order valence-electron chi connectivity index (χ3n) is 3.50. The molecular weight excluding hydrogens is 269 g/mol. The van der Waals surface area contributed by atoms with Crippen LogP contribution in [0.2, 0.25) is 5.02 Å². The average Bonchev–Trinajstić information content (AvgIpc) is 2.41. The smallest absolute Gasteiger partial charge is 0.256 e. The van der Waals surface area contributed by atoms with Crippen LogP contribution in [0.4, 0.5) is 4.39 Å². The Morgan fingerprint density at radius 1 is 1.53 bits per heavy atom. The van der Waals surface area contributed by atoms with Crippen molar-refractivity contribution in [3.05, 3.63) is 34.6 Å². The summed E-state index contributed by atoms with van der Waals surface area (Å²) in [5.41, 5.74) is 0.0251. The molecule has 0 saturated carbocycles. The van der Waals surface area contributed by atoms with Gasteiger partial charge in [-0.25, -0.2) is 4.39 Å². The second kappa shape index (κ2) is 6.35. The van der Waals surface area contributed by atoms with Gasteiger partial charge in [0, 0.05) is 24.7 Å². The van der Waals surface area contributed by atoms with Gasteiger partial charge in [-0.05, 0) is 43.4 Å². The molecule has 1 aliphatic rings. The monoisotopic (exact) mass is 285 g/mol. The van der Waals surface area contributed by atoms with Crippen molar-refractivity contribution in [3.63, 3.8) is 0 Å². The molecule has 1 aliphatic heterocycles. The lowest BCUT2D eigenvalue weighted by atomic mass is 9.94. The number of halogens is 2. The minimum atomic E-state index is -0.543. The molecule has 0 aromatic heterocycles. The van der Waals surface area contributed by atoms with Gasteiger partial charge < -0.3 is 10.0 Å². The molecule has 0 radical (unpaired) electrons. The van der Waals surface area contributed by atoms with Crippen LogP contribution in [0.5, 0.6) is 0 Å². The molecule has 0 bridgehead atoms. The summed E-state index contributed by atoms with van der Waals surface area (Å²) in [4.78, 5) is 13.9. The number of hydrogen-bond donors (Lipinski definition) is 1. The highest BCUT2D eigenvalue weighted by atomic mass is 35.5. The zero-order chi connectivity index (χ0) is 13.8. The zero-order valence-corrected chi connectivity index (χ0v) is 11.4. The van der Waals surface area contributed by atoms with E-state index in [1.54, 1.807) is 4.90 Å². The van der Waals surface area contributed by atoms with Crippen molar-refractivity contribution in [1.29, 1.82) is 0 Å². The number of aliphatic hydroxyl groups excluding tert-OH is 1. The Kier molecular flexibility index (Phi) is 4.77. The minimum Gasteiger partial charge on any atom is -0.396 e. The SMILES string of the molecule is O=C(c1cc(Cl)ccc1F)N1CCCC(CCO)C1. The predicted molar refractivity (Wildman–Crippen MR) is 71.7 cm³/mol. The third-order valence-corrected chi connectivity index (χ3v) is 3.74. The van der Waals surface area contributed by atoms with E-state index >= 15 is 0 Å². The van der Waals surface area contributed by atoms with Gasteiger partial charge in [-0.2, -0.15) is 0 Å². The van der Waals surface area contributed by atoms with E-state index in [0.717, 1.165) is 12.8 Å². The van der Waals surface area contributed by atoms with Crippen molar-refractivity contribution in [2.75, 3.05) is 19.7 Å². The first-order chi connectivity index (χ1) is 9.11. The number of likely N-dealkylation sites (tertiary alicyclic amines) is 1. The number of piperidine rings is 1. The predicted octanol–water partition coefficient (Wildman–Crippen LogP) is 2.71. The molecule has 1 amide bonds. The lowest BCUT2D eigenvalue weighted by Crippen LogP contribution is -2.40. The highest BCUT2D eigenvalue weighted by Gasteiger charge is 2.25. The fraction of sp³-hybridized carbons (Fsp3) is 0.500. The van der Waals surface area contributed by atoms with E-state index in [4.69, 9.17) is 16.7 Å². The van der Waals surface area contributed by atoms with Crippen molar-refractivity contribution in [2.45, 2.75) is 19.3 Å². The Hall–Kier alpha value is -1.13. The number of hydrogen-bond acceptors (Lipinski definition) is 2. The van der Waals surface area contributed by atoms with E-state index in [9.17, 15) is 9.18 Å². The van der Waals surface area contributed by atoms with E-state index in [1.165, 1.54) is 18.2 Å². The van der Waals surface area contributed by atoms with Crippen LogP contribution >= 0.6 is 11.6 Å². The van der Waals surface area contributed by atoms with Crippen molar-refractivity contribution < 1.29 is 14.3 Å². The minimum absolute atomic E-state index is 0.0251. The molecule has 104 valence electrons. The van der Waals surface area contributed by atoms with Gasteiger partial charge in [-0.1, -0.05) is 11.6 Å². The van der Waals surface area contributed by atoms with Crippen molar-refractivity contribution in [1.82, 2.24) is 4.90 Å². The molecule has 19 heavy (non-hydrogen) atoms. The van der Waals surface area contributed by atoms with Crippen LogP contribution in [0.15, 0.2) is 18.2 Å². The van der Waals surface area contributed by atoms with Crippen LogP contribution in [0.3, 0.4) is 0 Å². The molecule has 1 aromatic carbocycles. The van der Waals surface area contributed by atoms with E-state index < -0.39 is 5.82 Å². The highest BCUT2D eigenvalue weighted by Crippen LogP contribution is 2.23. The third kappa shape index (κ3) is 3.45. The molecule has 1 atom stereocenters. The van der Waals surface area contributed by atoms with Gasteiger partial charge in [0.15, 0.2) is 0 Å². The molecule has 1 saturated heterocycles. The Labute approximate surface area is 117 Å². The number of benzene rings is 1. The summed E-state index contributed by atoms with van der Waals surface area (Å²) < 4.78 is 13.7. The summed E-state index contributed by atoms with van der Waals surface area (Å²) in [6, 6.07) is 4.01. The molecule has 1 fully saturated rings. The van der Waals surface area contributed by atoms with Crippen LogP contribution in [0, 0.1) is 11.7 Å². The number of aliphatic hydroxyl groups is 1. The first-order valence-corrected chi connectivity index (χ1v) is 6.85. The van der Waals surface area contributed by atoms with E-state index in [1.807, 2.05) is 0 Å². The highest BCUT2D eigenvalue weighted by molar-refractivity contribution is 6.31. The molecule has 0 spiro atoms. The summed E-state index contributed by atoms with van der Waals surface area (Å²) in [7, 11) is 0. The van der Waals surface area contributed by atoms with Gasteiger partial charge in [0.05, 0.1) is 5.56 Å². The molecule has 1 heterocycles. The molecule has 1 aromatic rings. The first kappa shape index (κ1) is 14.3. The van der Waals surface area contributed by atoms with Crippen LogP contribution in [0.25, 0.3) is 0 Å². The Morgan fingerprint density at radius 3 is 3.05 bits per heavy atom. The first-order valence-electron chi connectivity index (χ1n) is 6.47. The van der Waals surface area contributed by atoms with Crippen molar-refractivity contribution >= 4 is 17.5 Å². The fourth-order valence-electron chi connectivity index (χ4n) is 2.50. The largest absolute Gasteiger partial charge is 0.396 e. The van der Waals surface area contributed by atoms with Gasteiger partial charge in [0.25, 0.3) is 5.91 Å². The summed E-state index contributed by atoms with van der Waals surface area (Å²) in [6.07, 6.45) is 2.57. The quantitative estimate of drug-likeness (QED) is 0.928. The van der Waals surface area contributed by atoms with Gasteiger partial charge in [-0.3, -0.25) is 4.79 Å². The second-order valence-electron chi connectivity index (χ2n) is 4.90. The normalized spacial score (nSPS) is 19.5. The maximum Gasteiger partial charge on any atom is 0.256 e. The van der Waals surface area contributed by atoms with E-state index in [2.05, 4.69) is 0 Å². The molecule has 2 rings (SSSR count). The topological polar surface area (TPSA) is 40.5 Å². The summed E-state index contributed by atoms with van der Waals surface area (Å²) in [6.45, 7) is 1.33. The van der Waals surface area contributed by atoms with E-state index in [0.29, 0.717) is 30.5 Å². The molecule has 0 aliphatic carbocycles. The fourth-order valence-corrected chi connectivity index (χ4v) is 2.67. The lowest BCUT2D eigenvalue weighted by molar-refractivity contribution is 0.0649. The number of amides is 1. The van der Waals surface area contributed by atoms with Crippen LogP contribution in [-0.2, 0) is 0 Å². The van der Waals surface area contributed by atoms with Crippen LogP contribution in [-0.4, -0.2) is 35.6 Å². The van der Waals surface area contributed by atoms with Crippen molar-refractivity contribution in [2.24, 2.45) is 5.92 Å². The van der Waals surface area contributed by atoms with Crippen LogP contribution in [0.1, 0.15) is 29.6 Å². The maximum absolute atomic E-state index is 13.7. The molecule has 1 unspecified atom stereocenters. The van der Waals surface area contributed by atoms with Gasteiger partial charge >= 0.3 is 0 Å². The number of nitrogens with zero attached hydrogens (tertiary/aromatic N) is 1. The summed E-state index contributed by atoms with van der Waals surface area (Å²) >= 11 is 5.81. The Balaban J connectivity index is 2.12. The van der Waals surface area contributed by atoms with Gasteiger partial charge in [0.2, 0.25) is 0 Å². The number of carbonyl (C=O) groups is 1. The number of carbonyl (C=O) groups excluding carboxylic acids is 1. The zero-order valence-electron chi connectivity index (χ0n) is 10.6. The molecule has 5 heteroatoms. The average molecular weight is 286 g/mol. The second-order valence-corrected chi connectivity index (χ2v) is 5.33. The Morgan fingerprint density at radius 2 is 2.32 bits per heavy atom. The van der Waals surface area contributed by atoms with Crippen LogP contribution < -0.4 is 0 Å². The van der Waals surface area contributed by atoms with E-state index in [-0.39, 0.29) is 18.1 Å². The standard InChI is InChI=1S/C14H17ClFNO2/c15-11-3-4-13(16)12(8-11)14(19)17-6-1-2-10(9-17)5-7-18/h3-4,8,10,18H,1-2,5-7,9H2. The summed E-state index contributed by atoms with van der Waals surface area (Å²) in [5.74, 6) is -0.564. The molecule has 3 nitrogen and oxygen atoms in total. The van der Waals surface area contributed by atoms with Crippen molar-refractivity contribution in [3.8, 4) is 0 Å². The Bertz CT molecular complexity index is 465. The lowest BCUT2D eigenvalue weighted by Gasteiger charge is -2.32. The summed E-state index contributed by atoms with van der Waals surface area (Å²) in [5, 5.41) is 9.32. The molecular formula is C14H17ClFNO2. The van der Waals surface area contributed by atoms with Gasteiger partial charge in [0.1, 0.15) is 5.82 Å². The maximum atomic E-state index is 13.7. The number of rotatable bonds is 3. The van der Waals surface area contributed by atoms with Gasteiger partial charge in [-0.15, -0.1) is 0 Å². The molecule has 1 N–H and O–H groups in total.